The van der Waals surface area contributed by atoms with Gasteiger partial charge in [-0.2, -0.15) is 10.2 Å². The van der Waals surface area contributed by atoms with E-state index in [4.69, 9.17) is 34.7 Å². The van der Waals surface area contributed by atoms with Gasteiger partial charge < -0.3 is 35.4 Å². The average Bonchev–Trinajstić information content (AvgIpc) is 4.30. The van der Waals surface area contributed by atoms with Crippen molar-refractivity contribution in [2.75, 3.05) is 13.1 Å². The summed E-state index contributed by atoms with van der Waals surface area (Å²) in [5.74, 6) is -0.0237. The van der Waals surface area contributed by atoms with Crippen molar-refractivity contribution in [2.45, 2.75) is 174 Å². The molecule has 2 aliphatic carbocycles. The molecule has 4 fully saturated rings. The van der Waals surface area contributed by atoms with Crippen molar-refractivity contribution in [3.63, 3.8) is 0 Å². The van der Waals surface area contributed by atoms with Crippen molar-refractivity contribution >= 4 is 47.8 Å². The number of aromatic nitrogens is 6. The number of hydrogen-bond donors (Lipinski definition) is 4. The summed E-state index contributed by atoms with van der Waals surface area (Å²) in [4.78, 5) is 60.9. The lowest BCUT2D eigenvalue weighted by molar-refractivity contribution is -0.140. The zero-order valence-corrected chi connectivity index (χ0v) is 44.8. The molecule has 4 aromatic heterocycles. The molecule has 75 heavy (non-hydrogen) atoms. The number of carboxylic acids is 1. The number of piperidine rings is 2. The number of aliphatic carboxylic acids is 1. The summed E-state index contributed by atoms with van der Waals surface area (Å²) in [5.41, 5.74) is 8.38. The number of nitrogens with zero attached hydrogens (tertiary/aromatic N) is 7. The zero-order valence-electron chi connectivity index (χ0n) is 44.0. The molecule has 0 bridgehead atoms. The highest BCUT2D eigenvalue weighted by Crippen LogP contribution is 2.41. The Morgan fingerprint density at radius 1 is 0.627 bits per heavy atom. The van der Waals surface area contributed by atoms with E-state index in [0.717, 1.165) is 65.4 Å². The van der Waals surface area contributed by atoms with E-state index in [1.165, 1.54) is 56.3 Å². The number of benzene rings is 2. The Hall–Kier alpha value is -6.59. The molecule has 6 aromatic rings. The van der Waals surface area contributed by atoms with Gasteiger partial charge in [0.15, 0.2) is 17.3 Å². The maximum atomic E-state index is 14.0. The minimum atomic E-state index is -1.13. The number of fused-ring (bicyclic) bond motifs is 2. The van der Waals surface area contributed by atoms with E-state index in [0.29, 0.717) is 30.0 Å². The Morgan fingerprint density at radius 3 is 1.56 bits per heavy atom. The van der Waals surface area contributed by atoms with Gasteiger partial charge >= 0.3 is 18.2 Å². The van der Waals surface area contributed by atoms with Crippen LogP contribution in [0.3, 0.4) is 0 Å². The Kier molecular flexibility index (Phi) is 19.1. The number of likely N-dealkylation sites (tertiary alicyclic amines) is 1. The highest BCUT2D eigenvalue weighted by molar-refractivity contribution is 5.87. The quantitative estimate of drug-likeness (QED) is 0.101. The molecule has 17 nitrogen and oxygen atoms in total. The highest BCUT2D eigenvalue weighted by Gasteiger charge is 2.37. The number of rotatable bonds is 10. The SMILES string of the molecule is C.CC(C)(C)OC(=O)NC(C(=O)O)c1ccccc1.Cc1cc(C2CC2)nc2cc([C@@H]3CCCCN3)nn12.Cc1cc(C2CC2)nc2cc([C@@H]3CCCCN3C(=O)C(NC(=O)OC(C)(C)C)c3ccccc3)nn12.Cl. The van der Waals surface area contributed by atoms with Crippen LogP contribution in [0.5, 0.6) is 0 Å². The van der Waals surface area contributed by atoms with E-state index in [2.05, 4.69) is 48.0 Å². The van der Waals surface area contributed by atoms with Gasteiger partial charge in [-0.3, -0.25) is 4.79 Å². The summed E-state index contributed by atoms with van der Waals surface area (Å²) in [6.45, 7) is 16.5. The summed E-state index contributed by atoms with van der Waals surface area (Å²) >= 11 is 0. The number of aryl methyl sites for hydroxylation is 2. The molecule has 2 saturated heterocycles. The van der Waals surface area contributed by atoms with E-state index >= 15 is 0 Å². The molecule has 404 valence electrons. The molecule has 3 amide bonds. The first-order valence-corrected chi connectivity index (χ1v) is 25.9. The van der Waals surface area contributed by atoms with Gasteiger partial charge in [0.1, 0.15) is 17.2 Å². The van der Waals surface area contributed by atoms with Gasteiger partial charge in [0.25, 0.3) is 0 Å². The van der Waals surface area contributed by atoms with Gasteiger partial charge in [0, 0.05) is 53.3 Å². The van der Waals surface area contributed by atoms with E-state index in [-0.39, 0.29) is 31.8 Å². The molecule has 6 heterocycles. The van der Waals surface area contributed by atoms with Crippen LogP contribution < -0.4 is 16.0 Å². The van der Waals surface area contributed by atoms with Crippen molar-refractivity contribution in [2.24, 2.45) is 0 Å². The summed E-state index contributed by atoms with van der Waals surface area (Å²) in [6.07, 6.45) is 10.1. The maximum Gasteiger partial charge on any atom is 0.408 e. The second kappa shape index (κ2) is 24.8. The third-order valence-electron chi connectivity index (χ3n) is 13.2. The van der Waals surface area contributed by atoms with E-state index in [9.17, 15) is 19.2 Å². The Bertz CT molecular complexity index is 2880. The van der Waals surface area contributed by atoms with Crippen molar-refractivity contribution < 1.29 is 33.8 Å². The number of carbonyl (C=O) groups is 4. The van der Waals surface area contributed by atoms with Gasteiger partial charge in [-0.05, 0) is 143 Å². The summed E-state index contributed by atoms with van der Waals surface area (Å²) in [5, 5.41) is 27.5. The first kappa shape index (κ1) is 57.7. The fraction of sp³-hybridized carbons (Fsp3) is 0.509. The van der Waals surface area contributed by atoms with Crippen molar-refractivity contribution in [3.05, 3.63) is 130 Å². The lowest BCUT2D eigenvalue weighted by atomic mass is 9.96. The lowest BCUT2D eigenvalue weighted by Crippen LogP contribution is -2.47. The predicted molar refractivity (Wildman–Crippen MR) is 291 cm³/mol. The molecule has 0 radical (unpaired) electrons. The molecule has 2 aliphatic heterocycles. The topological polar surface area (TPSA) is 207 Å². The van der Waals surface area contributed by atoms with Crippen LogP contribution in [-0.2, 0) is 19.1 Å². The Labute approximate surface area is 447 Å². The van der Waals surface area contributed by atoms with Gasteiger partial charge in [0.05, 0.1) is 23.5 Å². The van der Waals surface area contributed by atoms with Gasteiger partial charge in [0.2, 0.25) is 5.91 Å². The molecule has 18 heteroatoms. The second-order valence-corrected chi connectivity index (χ2v) is 21.7. The van der Waals surface area contributed by atoms with Crippen LogP contribution in [0.4, 0.5) is 9.59 Å². The summed E-state index contributed by atoms with van der Waals surface area (Å²) < 4.78 is 14.4. The molecular formula is C57H77ClN10O7. The van der Waals surface area contributed by atoms with Crippen LogP contribution in [0.1, 0.15) is 194 Å². The van der Waals surface area contributed by atoms with Crippen molar-refractivity contribution in [1.29, 1.82) is 0 Å². The van der Waals surface area contributed by atoms with Crippen LogP contribution in [0.15, 0.2) is 84.9 Å². The minimum Gasteiger partial charge on any atom is -0.479 e. The van der Waals surface area contributed by atoms with Crippen LogP contribution in [0.2, 0.25) is 0 Å². The minimum absolute atomic E-state index is 0. The first-order chi connectivity index (χ1) is 34.8. The van der Waals surface area contributed by atoms with Crippen LogP contribution in [-0.4, -0.2) is 87.6 Å². The molecular weight excluding hydrogens is 972 g/mol. The monoisotopic (exact) mass is 1050 g/mol. The number of ether oxygens (including phenoxy) is 2. The Balaban J connectivity index is 0.000000198. The largest absolute Gasteiger partial charge is 0.479 e. The second-order valence-electron chi connectivity index (χ2n) is 21.7. The molecule has 4 atom stereocenters. The van der Waals surface area contributed by atoms with E-state index < -0.39 is 41.4 Å². The average molecular weight is 1050 g/mol. The normalized spacial score (nSPS) is 18.3. The highest BCUT2D eigenvalue weighted by atomic mass is 35.5. The van der Waals surface area contributed by atoms with E-state index in [1.807, 2.05) is 50.3 Å². The molecule has 2 unspecified atom stereocenters. The third-order valence-corrected chi connectivity index (χ3v) is 13.2. The predicted octanol–water partition coefficient (Wildman–Crippen LogP) is 11.4. The molecule has 4 N–H and O–H groups in total. The van der Waals surface area contributed by atoms with Crippen molar-refractivity contribution in [1.82, 2.24) is 50.0 Å². The van der Waals surface area contributed by atoms with Gasteiger partial charge in [-0.15, -0.1) is 12.4 Å². The number of amides is 3. The first-order valence-electron chi connectivity index (χ1n) is 25.9. The molecule has 0 spiro atoms. The smallest absolute Gasteiger partial charge is 0.408 e. The number of nitrogens with one attached hydrogen (secondary N) is 3. The van der Waals surface area contributed by atoms with Crippen molar-refractivity contribution in [3.8, 4) is 0 Å². The molecule has 4 aliphatic rings. The molecule has 2 saturated carbocycles. The summed E-state index contributed by atoms with van der Waals surface area (Å²) in [7, 11) is 0. The number of halogens is 1. The lowest BCUT2D eigenvalue weighted by Gasteiger charge is -2.37. The third kappa shape index (κ3) is 15.5. The fourth-order valence-corrected chi connectivity index (χ4v) is 9.34. The molecule has 10 rings (SSSR count). The van der Waals surface area contributed by atoms with Gasteiger partial charge in [-0.1, -0.05) is 74.5 Å². The standard InChI is InChI=1S/C28H35N5O3.C15H20N4.C13H17NO4.CH4.ClH/c1-18-16-21(19-13-14-19)29-24-17-22(31-33(18)24)23-12-8-9-15-32(23)26(34)25(20-10-6-5-7-11-20)30-27(35)36-28(2,3)4;1-10-8-13(11-5-6-11)17-15-9-14(18-19(10)15)12-4-2-3-7-16-12;1-13(2,3)18-12(17)14-10(11(15)16)9-7-5-4-6-8-9;;/h5-7,10-11,16-17,19,23,25H,8-9,12-15H2,1-4H3,(H,30,35);8-9,11-12,16H,2-7H2,1H3;4-8,10H,1-3H3,(H,14,17)(H,15,16);1H4;1H/t23-,25?;12-;;;/m00.../s1. The number of carbonyl (C=O) groups excluding carboxylic acids is 3. The fourth-order valence-electron chi connectivity index (χ4n) is 9.34. The number of alkyl carbamates (subject to hydrolysis) is 2. The number of hydrogen-bond acceptors (Lipinski definition) is 11. The number of carboxylic acid groups (broad SMARTS) is 1. The van der Waals surface area contributed by atoms with Crippen LogP contribution in [0.25, 0.3) is 11.3 Å². The van der Waals surface area contributed by atoms with Crippen LogP contribution >= 0.6 is 12.4 Å². The van der Waals surface area contributed by atoms with Gasteiger partial charge in [-0.25, -0.2) is 33.4 Å². The maximum absolute atomic E-state index is 14.0. The van der Waals surface area contributed by atoms with E-state index in [1.54, 1.807) is 71.9 Å². The van der Waals surface area contributed by atoms with Crippen LogP contribution in [0, 0.1) is 13.8 Å². The zero-order chi connectivity index (χ0) is 52.0. The molecule has 2 aromatic carbocycles. The Morgan fingerprint density at radius 2 is 1.09 bits per heavy atom. The summed E-state index contributed by atoms with van der Waals surface area (Å²) in [6, 6.07) is 24.6.